The van der Waals surface area contributed by atoms with Gasteiger partial charge >= 0.3 is 5.97 Å². The molecule has 1 N–H and O–H groups in total. The smallest absolute Gasteiger partial charge is 0.328 e. The number of carbonyl (C=O) groups excluding carboxylic acids is 2. The molecule has 1 rings (SSSR count). The first-order chi connectivity index (χ1) is 8.20. The number of amides is 1. The van der Waals surface area contributed by atoms with Gasteiger partial charge < -0.3 is 19.7 Å². The molecule has 0 radical (unpaired) electrons. The van der Waals surface area contributed by atoms with E-state index < -0.39 is 6.04 Å². The number of hydrogen-bond donors (Lipinski definition) is 1. The summed E-state index contributed by atoms with van der Waals surface area (Å²) in [7, 11) is 2.96. The van der Waals surface area contributed by atoms with Gasteiger partial charge in [-0.05, 0) is 12.8 Å². The minimum absolute atomic E-state index is 0.0611. The average molecular weight is 244 g/mol. The number of ether oxygens (including phenoxy) is 2. The molecule has 0 aromatic carbocycles. The number of rotatable bonds is 6. The third kappa shape index (κ3) is 3.98. The Morgan fingerprint density at radius 1 is 1.41 bits per heavy atom. The SMILES string of the molecule is COCCNCC(=O)N1CCCC1C(=O)OC. The van der Waals surface area contributed by atoms with Crippen LogP contribution >= 0.6 is 0 Å². The molecule has 0 aliphatic carbocycles. The highest BCUT2D eigenvalue weighted by atomic mass is 16.5. The monoisotopic (exact) mass is 244 g/mol. The quantitative estimate of drug-likeness (QED) is 0.498. The molecular formula is C11H20N2O4. The van der Waals surface area contributed by atoms with Crippen molar-refractivity contribution in [1.82, 2.24) is 10.2 Å². The fourth-order valence-corrected chi connectivity index (χ4v) is 1.92. The van der Waals surface area contributed by atoms with Crippen molar-refractivity contribution in [3.8, 4) is 0 Å². The normalized spacial score (nSPS) is 19.4. The number of nitrogens with one attached hydrogen (secondary N) is 1. The second kappa shape index (κ2) is 7.24. The molecule has 1 amide bonds. The van der Waals surface area contributed by atoms with Crippen LogP contribution in [0.25, 0.3) is 0 Å². The Labute approximate surface area is 101 Å². The van der Waals surface area contributed by atoms with Crippen LogP contribution in [-0.4, -0.2) is 63.3 Å². The molecule has 0 spiro atoms. The number of carbonyl (C=O) groups is 2. The first kappa shape index (κ1) is 13.9. The molecule has 1 saturated heterocycles. The maximum atomic E-state index is 11.9. The van der Waals surface area contributed by atoms with Crippen molar-refractivity contribution in [2.24, 2.45) is 0 Å². The largest absolute Gasteiger partial charge is 0.467 e. The van der Waals surface area contributed by atoms with Crippen molar-refractivity contribution in [3.05, 3.63) is 0 Å². The minimum atomic E-state index is -0.406. The fourth-order valence-electron chi connectivity index (χ4n) is 1.92. The Kier molecular flexibility index (Phi) is 5.93. The van der Waals surface area contributed by atoms with Crippen molar-refractivity contribution in [2.45, 2.75) is 18.9 Å². The van der Waals surface area contributed by atoms with Gasteiger partial charge in [0.25, 0.3) is 0 Å². The summed E-state index contributed by atoms with van der Waals surface area (Å²) >= 11 is 0. The summed E-state index contributed by atoms with van der Waals surface area (Å²) in [6.45, 7) is 2.05. The molecule has 1 atom stereocenters. The highest BCUT2D eigenvalue weighted by molar-refractivity contribution is 5.86. The van der Waals surface area contributed by atoms with Gasteiger partial charge in [-0.3, -0.25) is 4.79 Å². The van der Waals surface area contributed by atoms with Crippen LogP contribution in [0.2, 0.25) is 0 Å². The highest BCUT2D eigenvalue weighted by Gasteiger charge is 2.34. The summed E-state index contributed by atoms with van der Waals surface area (Å²) in [6.07, 6.45) is 1.54. The van der Waals surface area contributed by atoms with Crippen LogP contribution < -0.4 is 5.32 Å². The van der Waals surface area contributed by atoms with Crippen molar-refractivity contribution in [1.29, 1.82) is 0 Å². The van der Waals surface area contributed by atoms with Crippen LogP contribution in [0.5, 0.6) is 0 Å². The van der Waals surface area contributed by atoms with Crippen LogP contribution in [0.3, 0.4) is 0 Å². The van der Waals surface area contributed by atoms with Crippen molar-refractivity contribution in [3.63, 3.8) is 0 Å². The van der Waals surface area contributed by atoms with Gasteiger partial charge in [0.2, 0.25) is 5.91 Å². The van der Waals surface area contributed by atoms with Crippen LogP contribution in [0.1, 0.15) is 12.8 Å². The van der Waals surface area contributed by atoms with Gasteiger partial charge in [0.05, 0.1) is 20.3 Å². The summed E-state index contributed by atoms with van der Waals surface area (Å²) in [5, 5.41) is 2.97. The molecule has 6 heteroatoms. The molecule has 17 heavy (non-hydrogen) atoms. The van der Waals surface area contributed by atoms with Gasteiger partial charge in [-0.2, -0.15) is 0 Å². The van der Waals surface area contributed by atoms with Crippen LogP contribution in [0.4, 0.5) is 0 Å². The number of hydrogen-bond acceptors (Lipinski definition) is 5. The minimum Gasteiger partial charge on any atom is -0.467 e. The highest BCUT2D eigenvalue weighted by Crippen LogP contribution is 2.18. The van der Waals surface area contributed by atoms with E-state index in [9.17, 15) is 9.59 Å². The Bertz CT molecular complexity index is 270. The summed E-state index contributed by atoms with van der Waals surface area (Å²) in [4.78, 5) is 24.9. The molecule has 98 valence electrons. The van der Waals surface area contributed by atoms with E-state index in [1.54, 1.807) is 12.0 Å². The van der Waals surface area contributed by atoms with Crippen LogP contribution in [0.15, 0.2) is 0 Å². The Morgan fingerprint density at radius 2 is 2.18 bits per heavy atom. The third-order valence-corrected chi connectivity index (χ3v) is 2.81. The van der Waals surface area contributed by atoms with E-state index in [0.717, 1.165) is 6.42 Å². The summed E-state index contributed by atoms with van der Waals surface area (Å²) in [5.41, 5.74) is 0. The zero-order chi connectivity index (χ0) is 12.7. The van der Waals surface area contributed by atoms with E-state index in [2.05, 4.69) is 10.1 Å². The molecule has 0 bridgehead atoms. The molecular weight excluding hydrogens is 224 g/mol. The lowest BCUT2D eigenvalue weighted by atomic mass is 10.2. The van der Waals surface area contributed by atoms with E-state index in [1.165, 1.54) is 7.11 Å². The Morgan fingerprint density at radius 3 is 2.82 bits per heavy atom. The first-order valence-electron chi connectivity index (χ1n) is 5.77. The van der Waals surface area contributed by atoms with Crippen LogP contribution in [0, 0.1) is 0 Å². The van der Waals surface area contributed by atoms with Gasteiger partial charge in [-0.1, -0.05) is 0 Å². The second-order valence-corrected chi connectivity index (χ2v) is 3.94. The Balaban J connectivity index is 2.37. The zero-order valence-corrected chi connectivity index (χ0v) is 10.4. The Hall–Kier alpha value is -1.14. The maximum absolute atomic E-state index is 11.9. The van der Waals surface area contributed by atoms with Gasteiger partial charge in [0, 0.05) is 20.2 Å². The maximum Gasteiger partial charge on any atom is 0.328 e. The molecule has 1 aliphatic rings. The second-order valence-electron chi connectivity index (χ2n) is 3.94. The third-order valence-electron chi connectivity index (χ3n) is 2.81. The lowest BCUT2D eigenvalue weighted by Gasteiger charge is -2.22. The molecule has 0 aromatic heterocycles. The fraction of sp³-hybridized carbons (Fsp3) is 0.818. The number of nitrogens with zero attached hydrogens (tertiary/aromatic N) is 1. The summed E-state index contributed by atoms with van der Waals surface area (Å²) in [5.74, 6) is -0.387. The van der Waals surface area contributed by atoms with E-state index >= 15 is 0 Å². The van der Waals surface area contributed by atoms with Gasteiger partial charge in [-0.15, -0.1) is 0 Å². The van der Waals surface area contributed by atoms with E-state index in [0.29, 0.717) is 26.1 Å². The first-order valence-corrected chi connectivity index (χ1v) is 5.77. The lowest BCUT2D eigenvalue weighted by molar-refractivity contribution is -0.150. The molecule has 6 nitrogen and oxygen atoms in total. The molecule has 1 aliphatic heterocycles. The standard InChI is InChI=1S/C11H20N2O4/c1-16-7-5-12-8-10(14)13-6-3-4-9(13)11(15)17-2/h9,12H,3-8H2,1-2H3. The molecule has 1 fully saturated rings. The van der Waals surface area contributed by atoms with Gasteiger partial charge in [0.1, 0.15) is 6.04 Å². The predicted molar refractivity (Wildman–Crippen MR) is 61.5 cm³/mol. The van der Waals surface area contributed by atoms with Crippen LogP contribution in [-0.2, 0) is 19.1 Å². The number of likely N-dealkylation sites (tertiary alicyclic amines) is 1. The number of esters is 1. The van der Waals surface area contributed by atoms with Crippen molar-refractivity contribution in [2.75, 3.05) is 40.5 Å². The van der Waals surface area contributed by atoms with E-state index in [4.69, 9.17) is 4.74 Å². The number of methoxy groups -OCH3 is 2. The van der Waals surface area contributed by atoms with Gasteiger partial charge in [-0.25, -0.2) is 4.79 Å². The molecule has 0 saturated carbocycles. The predicted octanol–water partition coefficient (Wildman–Crippen LogP) is -0.614. The van der Waals surface area contributed by atoms with Gasteiger partial charge in [0.15, 0.2) is 0 Å². The molecule has 1 heterocycles. The molecule has 0 aromatic rings. The van der Waals surface area contributed by atoms with E-state index in [-0.39, 0.29) is 18.4 Å². The zero-order valence-electron chi connectivity index (χ0n) is 10.4. The summed E-state index contributed by atoms with van der Waals surface area (Å²) < 4.78 is 9.55. The lowest BCUT2D eigenvalue weighted by Crippen LogP contribution is -2.45. The van der Waals surface area contributed by atoms with Crippen molar-refractivity contribution >= 4 is 11.9 Å². The summed E-state index contributed by atoms with van der Waals surface area (Å²) in [6, 6.07) is -0.406. The van der Waals surface area contributed by atoms with Crippen molar-refractivity contribution < 1.29 is 19.1 Å². The van der Waals surface area contributed by atoms with E-state index in [1.807, 2.05) is 0 Å². The average Bonchev–Trinajstić information content (AvgIpc) is 2.82. The molecule has 1 unspecified atom stereocenters. The topological polar surface area (TPSA) is 67.9 Å².